The predicted molar refractivity (Wildman–Crippen MR) is 104 cm³/mol. The van der Waals surface area contributed by atoms with E-state index >= 15 is 4.39 Å². The lowest BCUT2D eigenvalue weighted by Crippen LogP contribution is -2.41. The second-order valence-corrected chi connectivity index (χ2v) is 7.62. The molecule has 0 aliphatic carbocycles. The number of rotatable bonds is 3. The molecule has 4 rings (SSSR count). The van der Waals surface area contributed by atoms with Crippen LogP contribution in [0.25, 0.3) is 23.1 Å². The Morgan fingerprint density at radius 2 is 1.74 bits per heavy atom. The van der Waals surface area contributed by atoms with Crippen molar-refractivity contribution in [1.29, 1.82) is 0 Å². The van der Waals surface area contributed by atoms with Crippen molar-refractivity contribution in [3.63, 3.8) is 0 Å². The molecule has 0 N–H and O–H groups in total. The summed E-state index contributed by atoms with van der Waals surface area (Å²) in [7, 11) is -1.05. The van der Waals surface area contributed by atoms with Crippen LogP contribution < -0.4 is 0 Å². The van der Waals surface area contributed by atoms with Crippen molar-refractivity contribution in [1.82, 2.24) is 14.4 Å². The van der Waals surface area contributed by atoms with Gasteiger partial charge in [-0.25, -0.2) is 14.4 Å². The van der Waals surface area contributed by atoms with Crippen LogP contribution in [-0.4, -0.2) is 32.7 Å². The third-order valence-corrected chi connectivity index (χ3v) is 5.24. The van der Waals surface area contributed by atoms with Gasteiger partial charge in [0.2, 0.25) is 5.78 Å². The molecule has 7 heteroatoms. The topological polar surface area (TPSA) is 48.7 Å². The van der Waals surface area contributed by atoms with Gasteiger partial charge in [0.15, 0.2) is 0 Å². The van der Waals surface area contributed by atoms with Crippen molar-refractivity contribution in [3.8, 4) is 11.3 Å². The summed E-state index contributed by atoms with van der Waals surface area (Å²) in [5.74, 6) is 0.504. The highest BCUT2D eigenvalue weighted by Gasteiger charge is 2.53. The van der Waals surface area contributed by atoms with Crippen molar-refractivity contribution in [2.24, 2.45) is 0 Å². The maximum Gasteiger partial charge on any atom is 0.525 e. The average molecular weight is 365 g/mol. The Labute approximate surface area is 158 Å². The lowest BCUT2D eigenvalue weighted by Gasteiger charge is -2.32. The molecule has 138 valence electrons. The van der Waals surface area contributed by atoms with Gasteiger partial charge in [0.05, 0.1) is 22.6 Å². The minimum absolute atomic E-state index is 0.503. The predicted octanol–water partition coefficient (Wildman–Crippen LogP) is 4.34. The second-order valence-electron chi connectivity index (χ2n) is 7.62. The van der Waals surface area contributed by atoms with Gasteiger partial charge in [0, 0.05) is 18.0 Å². The zero-order valence-corrected chi connectivity index (χ0v) is 15.8. The fraction of sp³-hybridized carbons (Fsp3) is 0.300. The van der Waals surface area contributed by atoms with Crippen LogP contribution in [0.3, 0.4) is 0 Å². The Morgan fingerprint density at radius 1 is 1.07 bits per heavy atom. The van der Waals surface area contributed by atoms with Crippen molar-refractivity contribution < 1.29 is 13.7 Å². The summed E-state index contributed by atoms with van der Waals surface area (Å²) >= 11 is 0. The van der Waals surface area contributed by atoms with Crippen LogP contribution in [0.1, 0.15) is 33.4 Å². The van der Waals surface area contributed by atoms with Crippen LogP contribution in [0.4, 0.5) is 4.39 Å². The molecule has 1 aromatic carbocycles. The van der Waals surface area contributed by atoms with E-state index in [1.807, 2.05) is 64.2 Å². The fourth-order valence-electron chi connectivity index (χ4n) is 3.01. The number of aromatic nitrogens is 3. The molecule has 0 saturated carbocycles. The number of halogens is 1. The van der Waals surface area contributed by atoms with E-state index in [1.165, 1.54) is 6.08 Å². The number of hydrogen-bond acceptors (Lipinski definition) is 4. The van der Waals surface area contributed by atoms with E-state index in [4.69, 9.17) is 9.31 Å². The van der Waals surface area contributed by atoms with Crippen LogP contribution in [-0.2, 0) is 9.31 Å². The van der Waals surface area contributed by atoms with Gasteiger partial charge in [-0.2, -0.15) is 0 Å². The van der Waals surface area contributed by atoms with Gasteiger partial charge < -0.3 is 9.31 Å². The van der Waals surface area contributed by atoms with Gasteiger partial charge in [-0.1, -0.05) is 30.3 Å². The standard InChI is InChI=1S/C20H21BFN3O2/c1-19(2)20(3,4)27-21(26-19)16(22)13-15-17(14-9-6-5-7-10-14)24-18-23-11-8-12-25(15)18/h5-13H,1-4H3. The Morgan fingerprint density at radius 3 is 2.41 bits per heavy atom. The maximum atomic E-state index is 15.1. The van der Waals surface area contributed by atoms with E-state index in [0.29, 0.717) is 17.2 Å². The Bertz CT molecular complexity index is 998. The van der Waals surface area contributed by atoms with Gasteiger partial charge in [0.25, 0.3) is 0 Å². The Hall–Kier alpha value is -2.51. The zero-order valence-electron chi connectivity index (χ0n) is 15.8. The molecule has 0 amide bonds. The highest BCUT2D eigenvalue weighted by Crippen LogP contribution is 2.39. The SMILES string of the molecule is CC1(C)OB(C(F)=Cc2c(-c3ccccc3)nc3ncccn23)OC1(C)C. The van der Waals surface area contributed by atoms with Gasteiger partial charge in [0.1, 0.15) is 5.73 Å². The van der Waals surface area contributed by atoms with E-state index in [0.717, 1.165) is 5.56 Å². The molecule has 5 nitrogen and oxygen atoms in total. The third kappa shape index (κ3) is 3.07. The highest BCUT2D eigenvalue weighted by molar-refractivity contribution is 6.54. The zero-order chi connectivity index (χ0) is 19.2. The van der Waals surface area contributed by atoms with Crippen LogP contribution >= 0.6 is 0 Å². The molecule has 0 bridgehead atoms. The van der Waals surface area contributed by atoms with E-state index < -0.39 is 24.0 Å². The summed E-state index contributed by atoms with van der Waals surface area (Å²) in [6.07, 6.45) is 4.90. The molecule has 1 aliphatic heterocycles. The molecule has 1 fully saturated rings. The van der Waals surface area contributed by atoms with Crippen molar-refractivity contribution in [2.45, 2.75) is 38.9 Å². The van der Waals surface area contributed by atoms with E-state index in [9.17, 15) is 0 Å². The van der Waals surface area contributed by atoms with Crippen LogP contribution in [0.15, 0.2) is 54.5 Å². The normalized spacial score (nSPS) is 19.0. The molecule has 0 atom stereocenters. The second kappa shape index (κ2) is 6.28. The van der Waals surface area contributed by atoms with Gasteiger partial charge >= 0.3 is 7.12 Å². The van der Waals surface area contributed by atoms with Gasteiger partial charge in [-0.3, -0.25) is 4.40 Å². The summed E-state index contributed by atoms with van der Waals surface area (Å²) < 4.78 is 28.5. The summed E-state index contributed by atoms with van der Waals surface area (Å²) in [6, 6.07) is 11.4. The Kier molecular flexibility index (Phi) is 4.16. The molecule has 3 aromatic rings. The van der Waals surface area contributed by atoms with Gasteiger partial charge in [-0.15, -0.1) is 0 Å². The lowest BCUT2D eigenvalue weighted by atomic mass is 9.87. The molecular weight excluding hydrogens is 344 g/mol. The molecule has 1 aliphatic rings. The first-order valence-electron chi connectivity index (χ1n) is 8.90. The summed E-state index contributed by atoms with van der Waals surface area (Å²) in [5, 5.41) is 0. The van der Waals surface area contributed by atoms with E-state index in [1.54, 1.807) is 16.7 Å². The Balaban J connectivity index is 1.81. The maximum absolute atomic E-state index is 15.1. The van der Waals surface area contributed by atoms with E-state index in [-0.39, 0.29) is 0 Å². The summed E-state index contributed by atoms with van der Waals surface area (Å²) in [4.78, 5) is 8.86. The molecule has 2 aromatic heterocycles. The molecule has 3 heterocycles. The van der Waals surface area contributed by atoms with Crippen molar-refractivity contribution in [3.05, 3.63) is 60.2 Å². The molecule has 0 spiro atoms. The molecular formula is C20H21BFN3O2. The van der Waals surface area contributed by atoms with E-state index in [2.05, 4.69) is 9.97 Å². The minimum Gasteiger partial charge on any atom is -0.398 e. The quantitative estimate of drug-likeness (QED) is 0.648. The fourth-order valence-corrected chi connectivity index (χ4v) is 3.01. The van der Waals surface area contributed by atoms with Crippen LogP contribution in [0.5, 0.6) is 0 Å². The number of nitrogens with zero attached hydrogens (tertiary/aromatic N) is 3. The van der Waals surface area contributed by atoms with Crippen molar-refractivity contribution >= 4 is 19.0 Å². The first-order chi connectivity index (χ1) is 12.8. The van der Waals surface area contributed by atoms with Crippen LogP contribution in [0.2, 0.25) is 0 Å². The number of imidazole rings is 1. The van der Waals surface area contributed by atoms with Gasteiger partial charge in [-0.05, 0) is 39.8 Å². The summed E-state index contributed by atoms with van der Waals surface area (Å²) in [6.45, 7) is 7.59. The average Bonchev–Trinajstić information content (AvgIpc) is 3.10. The smallest absolute Gasteiger partial charge is 0.398 e. The molecule has 27 heavy (non-hydrogen) atoms. The van der Waals surface area contributed by atoms with Crippen molar-refractivity contribution in [2.75, 3.05) is 0 Å². The number of fused-ring (bicyclic) bond motifs is 1. The molecule has 1 saturated heterocycles. The highest BCUT2D eigenvalue weighted by atomic mass is 19.1. The summed E-state index contributed by atoms with van der Waals surface area (Å²) in [5.41, 5.74) is 0.420. The first-order valence-corrected chi connectivity index (χ1v) is 8.90. The number of benzene rings is 1. The third-order valence-electron chi connectivity index (χ3n) is 5.24. The monoisotopic (exact) mass is 365 g/mol. The first kappa shape index (κ1) is 17.9. The lowest BCUT2D eigenvalue weighted by molar-refractivity contribution is 0.00578. The molecule has 0 radical (unpaired) electrons. The largest absolute Gasteiger partial charge is 0.525 e. The minimum atomic E-state index is -1.05. The van der Waals surface area contributed by atoms with Crippen LogP contribution in [0, 0.1) is 0 Å². The number of hydrogen-bond donors (Lipinski definition) is 0. The molecule has 0 unspecified atom stereocenters.